The molecule has 0 bridgehead atoms. The Morgan fingerprint density at radius 2 is 0.422 bits per heavy atom. The van der Waals surface area contributed by atoms with Crippen LogP contribution in [0.2, 0.25) is 0 Å². The molecule has 19 heteroatoms. The van der Waals surface area contributed by atoms with Gasteiger partial charge in [-0.05, 0) is 37.5 Å². The van der Waals surface area contributed by atoms with Gasteiger partial charge in [0.05, 0.1) is 26.4 Å². The molecule has 0 saturated carbocycles. The second-order valence-electron chi connectivity index (χ2n) is 33.3. The molecule has 109 heavy (non-hydrogen) atoms. The summed E-state index contributed by atoms with van der Waals surface area (Å²) < 4.78 is 69.1. The fourth-order valence-electron chi connectivity index (χ4n) is 14.1. The van der Waals surface area contributed by atoms with Crippen molar-refractivity contribution in [1.82, 2.24) is 0 Å². The molecule has 17 nitrogen and oxygen atoms in total. The largest absolute Gasteiger partial charge is 0.472 e. The fraction of sp³-hybridized carbons (Fsp3) is 0.956. The van der Waals surface area contributed by atoms with E-state index >= 15 is 0 Å². The van der Waals surface area contributed by atoms with Crippen molar-refractivity contribution in [3.05, 3.63) is 0 Å². The maximum absolute atomic E-state index is 13.2. The standard InChI is InChI=1S/C90H176O17P2/c1-7-9-11-13-15-17-19-21-23-25-26-31-34-38-42-48-54-60-66-72-87(92)100-78-85(106-89(94)75-69-63-57-50-44-40-36-32-28-27-30-33-37-41-46-52-58-64-70-82(3)4)80-104-108(96,97)102-76-84(91)77-103-109(98,99)105-81-86(79-101-88(93)73-67-61-55-51-45-47-53-59-65-71-83(5)6)107-90(95)74-68-62-56-49-43-39-35-29-24-22-20-18-16-14-12-10-8-2/h82-86,91H,7-81H2,1-6H3,(H,96,97)(H,98,99)/t84-,85-,86-/m1/s1. The van der Waals surface area contributed by atoms with Crippen molar-refractivity contribution in [3.63, 3.8) is 0 Å². The molecule has 0 fully saturated rings. The summed E-state index contributed by atoms with van der Waals surface area (Å²) in [6.07, 6.45) is 75.0. The number of aliphatic hydroxyl groups excluding tert-OH is 1. The molecule has 0 amide bonds. The van der Waals surface area contributed by atoms with E-state index in [-0.39, 0.29) is 25.7 Å². The highest BCUT2D eigenvalue weighted by atomic mass is 31.2. The molecule has 0 aromatic heterocycles. The molecule has 0 aromatic carbocycles. The van der Waals surface area contributed by atoms with Crippen molar-refractivity contribution < 1.29 is 80.2 Å². The molecule has 0 aromatic rings. The van der Waals surface area contributed by atoms with E-state index in [0.29, 0.717) is 25.7 Å². The van der Waals surface area contributed by atoms with E-state index in [1.165, 1.54) is 302 Å². The Balaban J connectivity index is 5.25. The first kappa shape index (κ1) is 107. The zero-order chi connectivity index (χ0) is 79.9. The van der Waals surface area contributed by atoms with Crippen LogP contribution in [0.25, 0.3) is 0 Å². The Labute approximate surface area is 670 Å². The lowest BCUT2D eigenvalue weighted by Gasteiger charge is -2.21. The third-order valence-corrected chi connectivity index (χ3v) is 23.1. The van der Waals surface area contributed by atoms with Gasteiger partial charge in [0.2, 0.25) is 0 Å². The van der Waals surface area contributed by atoms with Gasteiger partial charge in [-0.1, -0.05) is 433 Å². The minimum atomic E-state index is -4.97. The smallest absolute Gasteiger partial charge is 0.462 e. The number of carbonyl (C=O) groups excluding carboxylic acids is 4. The van der Waals surface area contributed by atoms with Gasteiger partial charge >= 0.3 is 39.5 Å². The molecule has 5 atom stereocenters. The Hall–Kier alpha value is -1.94. The van der Waals surface area contributed by atoms with Gasteiger partial charge in [0.1, 0.15) is 19.3 Å². The number of phosphoric acid groups is 2. The van der Waals surface area contributed by atoms with Crippen LogP contribution in [0, 0.1) is 11.8 Å². The zero-order valence-electron chi connectivity index (χ0n) is 71.9. The summed E-state index contributed by atoms with van der Waals surface area (Å²) in [6.45, 7) is 9.72. The van der Waals surface area contributed by atoms with Crippen LogP contribution >= 0.6 is 15.6 Å². The lowest BCUT2D eigenvalue weighted by molar-refractivity contribution is -0.161. The lowest BCUT2D eigenvalue weighted by Crippen LogP contribution is -2.30. The molecular formula is C90H176O17P2. The van der Waals surface area contributed by atoms with Gasteiger partial charge in [-0.15, -0.1) is 0 Å². The van der Waals surface area contributed by atoms with Crippen molar-refractivity contribution in [2.24, 2.45) is 11.8 Å². The highest BCUT2D eigenvalue weighted by molar-refractivity contribution is 7.47. The van der Waals surface area contributed by atoms with Crippen LogP contribution in [0.1, 0.15) is 485 Å². The number of phosphoric ester groups is 2. The quantitative estimate of drug-likeness (QED) is 0.0222. The fourth-order valence-corrected chi connectivity index (χ4v) is 15.7. The Bertz CT molecular complexity index is 2080. The van der Waals surface area contributed by atoms with Gasteiger partial charge in [-0.25, -0.2) is 9.13 Å². The van der Waals surface area contributed by atoms with Crippen LogP contribution in [-0.2, 0) is 65.4 Å². The molecule has 0 aliphatic rings. The maximum atomic E-state index is 13.2. The van der Waals surface area contributed by atoms with Gasteiger partial charge in [0.15, 0.2) is 12.2 Å². The van der Waals surface area contributed by atoms with E-state index in [0.717, 1.165) is 102 Å². The molecule has 2 unspecified atom stereocenters. The lowest BCUT2D eigenvalue weighted by atomic mass is 10.0. The first-order valence-corrected chi connectivity index (χ1v) is 49.5. The Morgan fingerprint density at radius 3 is 0.624 bits per heavy atom. The normalized spacial score (nSPS) is 13.8. The summed E-state index contributed by atoms with van der Waals surface area (Å²) in [7, 11) is -9.93. The predicted molar refractivity (Wildman–Crippen MR) is 451 cm³/mol. The van der Waals surface area contributed by atoms with Gasteiger partial charge in [0, 0.05) is 25.7 Å². The average Bonchev–Trinajstić information content (AvgIpc) is 0.901. The number of hydrogen-bond donors (Lipinski definition) is 3. The topological polar surface area (TPSA) is 237 Å². The van der Waals surface area contributed by atoms with E-state index in [4.69, 9.17) is 37.0 Å². The highest BCUT2D eigenvalue weighted by Gasteiger charge is 2.31. The van der Waals surface area contributed by atoms with Gasteiger partial charge in [-0.3, -0.25) is 37.3 Å². The van der Waals surface area contributed by atoms with E-state index in [1.807, 2.05) is 0 Å². The second-order valence-corrected chi connectivity index (χ2v) is 36.2. The minimum absolute atomic E-state index is 0.108. The number of carbonyl (C=O) groups is 4. The van der Waals surface area contributed by atoms with Crippen molar-refractivity contribution in [3.8, 4) is 0 Å². The number of rotatable bonds is 89. The molecule has 0 aliphatic heterocycles. The number of hydrogen-bond acceptors (Lipinski definition) is 15. The monoisotopic (exact) mass is 1590 g/mol. The first-order valence-electron chi connectivity index (χ1n) is 46.5. The van der Waals surface area contributed by atoms with Crippen LogP contribution in [0.4, 0.5) is 0 Å². The molecule has 0 spiro atoms. The second kappa shape index (κ2) is 81.2. The van der Waals surface area contributed by atoms with Crippen molar-refractivity contribution in [2.75, 3.05) is 39.6 Å². The van der Waals surface area contributed by atoms with Crippen molar-refractivity contribution in [2.45, 2.75) is 503 Å². The SMILES string of the molecule is CCCCCCCCCCCCCCCCCCCCCC(=O)OC[C@H](COP(=O)(O)OC[C@@H](O)COP(=O)(O)OC[C@@H](COC(=O)CCCCCCCCCCCC(C)C)OC(=O)CCCCCCCCCCCCCCCCCCC)OC(=O)CCCCCCCCCCCCCCCCCCCCC(C)C. The van der Waals surface area contributed by atoms with Gasteiger partial charge in [0.25, 0.3) is 0 Å². The van der Waals surface area contributed by atoms with E-state index in [9.17, 15) is 43.2 Å². The molecular weight excluding hydrogens is 1410 g/mol. The maximum Gasteiger partial charge on any atom is 0.472 e. The summed E-state index contributed by atoms with van der Waals surface area (Å²) in [5.74, 6) is -0.532. The molecule has 0 radical (unpaired) electrons. The van der Waals surface area contributed by atoms with Crippen LogP contribution in [0.3, 0.4) is 0 Å². The molecule has 0 rings (SSSR count). The van der Waals surface area contributed by atoms with Crippen LogP contribution in [0.5, 0.6) is 0 Å². The molecule has 0 saturated heterocycles. The Kier molecular flexibility index (Phi) is 79.8. The summed E-state index contributed by atoms with van der Waals surface area (Å²) in [5, 5.41) is 10.7. The summed E-state index contributed by atoms with van der Waals surface area (Å²) in [4.78, 5) is 73.4. The first-order chi connectivity index (χ1) is 52.9. The van der Waals surface area contributed by atoms with Crippen LogP contribution < -0.4 is 0 Å². The number of ether oxygens (including phenoxy) is 4. The highest BCUT2D eigenvalue weighted by Crippen LogP contribution is 2.45. The number of aliphatic hydroxyl groups is 1. The summed E-state index contributed by atoms with van der Waals surface area (Å²) in [6, 6.07) is 0. The average molecular weight is 1590 g/mol. The molecule has 3 N–H and O–H groups in total. The summed E-state index contributed by atoms with van der Waals surface area (Å²) in [5.41, 5.74) is 0. The van der Waals surface area contributed by atoms with E-state index in [2.05, 4.69) is 41.5 Å². The third kappa shape index (κ3) is 83.8. The summed E-state index contributed by atoms with van der Waals surface area (Å²) >= 11 is 0. The molecule has 0 heterocycles. The van der Waals surface area contributed by atoms with E-state index in [1.54, 1.807) is 0 Å². The van der Waals surface area contributed by atoms with Gasteiger partial charge < -0.3 is 33.8 Å². The zero-order valence-corrected chi connectivity index (χ0v) is 73.7. The Morgan fingerprint density at radius 1 is 0.248 bits per heavy atom. The number of esters is 4. The van der Waals surface area contributed by atoms with Crippen LogP contribution in [-0.4, -0.2) is 96.7 Å². The third-order valence-electron chi connectivity index (χ3n) is 21.2. The van der Waals surface area contributed by atoms with Crippen molar-refractivity contribution in [1.29, 1.82) is 0 Å². The minimum Gasteiger partial charge on any atom is -0.462 e. The van der Waals surface area contributed by atoms with Crippen LogP contribution in [0.15, 0.2) is 0 Å². The van der Waals surface area contributed by atoms with Gasteiger partial charge in [-0.2, -0.15) is 0 Å². The predicted octanol–water partition coefficient (Wildman–Crippen LogP) is 27.8. The molecule has 648 valence electrons. The van der Waals surface area contributed by atoms with Crippen molar-refractivity contribution >= 4 is 39.5 Å². The molecule has 0 aliphatic carbocycles. The number of unbranched alkanes of at least 4 members (excludes halogenated alkanes) is 59. The van der Waals surface area contributed by atoms with E-state index < -0.39 is 97.5 Å².